The number of benzene rings is 1. The molecular formula is C25H23FN6O5. The molecule has 0 spiro atoms. The number of hydrogen-bond acceptors (Lipinski definition) is 8. The molecule has 1 aliphatic heterocycles. The van der Waals surface area contributed by atoms with Gasteiger partial charge in [-0.15, -0.1) is 10.2 Å². The van der Waals surface area contributed by atoms with Gasteiger partial charge >= 0.3 is 6.09 Å². The Hall–Kier alpha value is -4.53. The maximum atomic E-state index is 14.5. The number of nitriles is 1. The van der Waals surface area contributed by atoms with Crippen LogP contribution < -0.4 is 10.1 Å². The number of amides is 2. The number of rotatable bonds is 6. The molecule has 2 aromatic heterocycles. The zero-order chi connectivity index (χ0) is 26.1. The number of hydrogen-bond donors (Lipinski definition) is 2. The van der Waals surface area contributed by atoms with Gasteiger partial charge in [0.25, 0.3) is 0 Å². The fourth-order valence-corrected chi connectivity index (χ4v) is 4.37. The van der Waals surface area contributed by atoms with Crippen molar-refractivity contribution in [3.8, 4) is 22.9 Å². The molecule has 5 rings (SSSR count). The molecule has 3 aromatic rings. The number of ether oxygens (including phenoxy) is 1. The van der Waals surface area contributed by atoms with Crippen LogP contribution in [0.4, 0.5) is 15.0 Å². The summed E-state index contributed by atoms with van der Waals surface area (Å²) >= 11 is 0. The maximum absolute atomic E-state index is 14.5. The number of anilines is 1. The third-order valence-electron chi connectivity index (χ3n) is 6.46. The average molecular weight is 506 g/mol. The number of aromatic nitrogens is 3. The lowest BCUT2D eigenvalue weighted by atomic mass is 10.0. The summed E-state index contributed by atoms with van der Waals surface area (Å²) in [6, 6.07) is 10.4. The molecule has 2 aliphatic rings. The molecule has 2 unspecified atom stereocenters. The quantitative estimate of drug-likeness (QED) is 0.511. The molecule has 3 heterocycles. The second kappa shape index (κ2) is 9.85. The summed E-state index contributed by atoms with van der Waals surface area (Å²) in [6.45, 7) is 1.58. The van der Waals surface area contributed by atoms with E-state index in [9.17, 15) is 19.2 Å². The maximum Gasteiger partial charge on any atom is 0.407 e. The number of aryl methyl sites for hydroxylation is 1. The first-order valence-corrected chi connectivity index (χ1v) is 11.7. The standard InChI is InChI=1S/C25H23FN6O5/c1-13-30-31-24(36-13)18-10-17(18)23(33)29-22-9-15(4-6-28-22)14-2-3-20(16(8-14)11-27)37-21-5-7-32(25(34)35)12-19(21)26/h2-4,6,8-9,17-19,21H,5,7,10,12H2,1H3,(H,34,35)(H,28,29,33)/t17?,18?,19-,21+/m1/s1. The van der Waals surface area contributed by atoms with Crippen molar-refractivity contribution in [3.05, 3.63) is 53.9 Å². The summed E-state index contributed by atoms with van der Waals surface area (Å²) < 4.78 is 25.7. The normalized spacial score (nSPS) is 22.7. The molecule has 2 amide bonds. The lowest BCUT2D eigenvalue weighted by Crippen LogP contribution is -2.48. The molecule has 1 saturated heterocycles. The molecule has 11 nitrogen and oxygen atoms in total. The number of carboxylic acid groups (broad SMARTS) is 1. The first-order chi connectivity index (χ1) is 17.8. The number of likely N-dealkylation sites (tertiary alicyclic amines) is 1. The van der Waals surface area contributed by atoms with Crippen molar-refractivity contribution >= 4 is 17.8 Å². The van der Waals surface area contributed by atoms with Crippen LogP contribution in [0, 0.1) is 24.2 Å². The third kappa shape index (κ3) is 5.20. The summed E-state index contributed by atoms with van der Waals surface area (Å²) in [4.78, 5) is 29.0. The molecule has 0 radical (unpaired) electrons. The lowest BCUT2D eigenvalue weighted by Gasteiger charge is -2.33. The van der Waals surface area contributed by atoms with Crippen molar-refractivity contribution in [1.29, 1.82) is 5.26 Å². The number of nitrogens with zero attached hydrogens (tertiary/aromatic N) is 5. The summed E-state index contributed by atoms with van der Waals surface area (Å²) in [7, 11) is 0. The first kappa shape index (κ1) is 24.2. The van der Waals surface area contributed by atoms with Crippen LogP contribution in [0.15, 0.2) is 40.9 Å². The van der Waals surface area contributed by atoms with E-state index < -0.39 is 18.4 Å². The summed E-state index contributed by atoms with van der Waals surface area (Å²) in [6.07, 6.45) is -1.17. The van der Waals surface area contributed by atoms with Gasteiger partial charge in [0.1, 0.15) is 23.7 Å². The molecule has 1 aromatic carbocycles. The highest BCUT2D eigenvalue weighted by Gasteiger charge is 2.47. The van der Waals surface area contributed by atoms with E-state index in [1.807, 2.05) is 0 Å². The van der Waals surface area contributed by atoms with Gasteiger partial charge in [0.15, 0.2) is 6.17 Å². The largest absolute Gasteiger partial charge is 0.486 e. The van der Waals surface area contributed by atoms with Crippen LogP contribution in [0.2, 0.25) is 0 Å². The molecule has 1 aliphatic carbocycles. The second-order valence-electron chi connectivity index (χ2n) is 9.04. The van der Waals surface area contributed by atoms with Gasteiger partial charge < -0.3 is 24.5 Å². The third-order valence-corrected chi connectivity index (χ3v) is 6.46. The Morgan fingerprint density at radius 1 is 1.27 bits per heavy atom. The van der Waals surface area contributed by atoms with Gasteiger partial charge in [-0.1, -0.05) is 6.07 Å². The van der Waals surface area contributed by atoms with Gasteiger partial charge in [0.2, 0.25) is 17.7 Å². The molecule has 37 heavy (non-hydrogen) atoms. The predicted octanol–water partition coefficient (Wildman–Crippen LogP) is 3.52. The van der Waals surface area contributed by atoms with Crippen LogP contribution in [-0.4, -0.2) is 62.6 Å². The highest BCUT2D eigenvalue weighted by atomic mass is 19.1. The Morgan fingerprint density at radius 3 is 2.78 bits per heavy atom. The minimum absolute atomic E-state index is 0.101. The molecule has 2 N–H and O–H groups in total. The Kier molecular flexibility index (Phi) is 6.43. The van der Waals surface area contributed by atoms with Crippen molar-refractivity contribution in [2.75, 3.05) is 18.4 Å². The van der Waals surface area contributed by atoms with E-state index in [4.69, 9.17) is 14.3 Å². The van der Waals surface area contributed by atoms with E-state index in [-0.39, 0.29) is 48.6 Å². The fourth-order valence-electron chi connectivity index (χ4n) is 4.37. The van der Waals surface area contributed by atoms with Crippen molar-refractivity contribution in [2.45, 2.75) is 38.0 Å². The van der Waals surface area contributed by atoms with E-state index in [1.165, 1.54) is 0 Å². The molecular weight excluding hydrogens is 483 g/mol. The Labute approximate surface area is 210 Å². The topological polar surface area (TPSA) is 154 Å². The van der Waals surface area contributed by atoms with Gasteiger partial charge in [-0.3, -0.25) is 4.79 Å². The van der Waals surface area contributed by atoms with Crippen molar-refractivity contribution in [3.63, 3.8) is 0 Å². The van der Waals surface area contributed by atoms with Gasteiger partial charge in [-0.2, -0.15) is 5.26 Å². The zero-order valence-corrected chi connectivity index (χ0v) is 19.8. The number of halogens is 1. The van der Waals surface area contributed by atoms with E-state index in [0.717, 1.165) is 4.90 Å². The van der Waals surface area contributed by atoms with Crippen molar-refractivity contribution < 1.29 is 28.2 Å². The fraction of sp³-hybridized carbons (Fsp3) is 0.360. The lowest BCUT2D eigenvalue weighted by molar-refractivity contribution is -0.117. The van der Waals surface area contributed by atoms with Gasteiger partial charge in [0, 0.05) is 32.0 Å². The monoisotopic (exact) mass is 506 g/mol. The molecule has 2 fully saturated rings. The second-order valence-corrected chi connectivity index (χ2v) is 9.04. The highest BCUT2D eigenvalue weighted by molar-refractivity contribution is 5.94. The molecule has 0 bridgehead atoms. The minimum Gasteiger partial charge on any atom is -0.486 e. The Bertz CT molecular complexity index is 1390. The Morgan fingerprint density at radius 2 is 2.08 bits per heavy atom. The molecule has 190 valence electrons. The molecule has 1 saturated carbocycles. The number of alkyl halides is 1. The predicted molar refractivity (Wildman–Crippen MR) is 126 cm³/mol. The smallest absolute Gasteiger partial charge is 0.407 e. The van der Waals surface area contributed by atoms with Crippen LogP contribution in [-0.2, 0) is 4.79 Å². The van der Waals surface area contributed by atoms with E-state index in [0.29, 0.717) is 35.1 Å². The van der Waals surface area contributed by atoms with Crippen LogP contribution in [0.1, 0.15) is 36.1 Å². The molecule has 12 heteroatoms. The van der Waals surface area contributed by atoms with Crippen LogP contribution in [0.5, 0.6) is 5.75 Å². The van der Waals surface area contributed by atoms with E-state index >= 15 is 0 Å². The average Bonchev–Trinajstić information content (AvgIpc) is 3.58. The van der Waals surface area contributed by atoms with E-state index in [2.05, 4.69) is 26.6 Å². The summed E-state index contributed by atoms with van der Waals surface area (Å²) in [5.41, 5.74) is 1.61. The number of carbonyl (C=O) groups excluding carboxylic acids is 1. The summed E-state index contributed by atoms with van der Waals surface area (Å²) in [5.74, 6) is 0.931. The van der Waals surface area contributed by atoms with Gasteiger partial charge in [-0.05, 0) is 41.8 Å². The summed E-state index contributed by atoms with van der Waals surface area (Å²) in [5, 5.41) is 29.3. The van der Waals surface area contributed by atoms with E-state index in [1.54, 1.807) is 43.5 Å². The first-order valence-electron chi connectivity index (χ1n) is 11.7. The van der Waals surface area contributed by atoms with Gasteiger partial charge in [0.05, 0.1) is 18.0 Å². The van der Waals surface area contributed by atoms with Crippen LogP contribution in [0.3, 0.4) is 0 Å². The highest BCUT2D eigenvalue weighted by Crippen LogP contribution is 2.47. The number of pyridine rings is 1. The van der Waals surface area contributed by atoms with Crippen molar-refractivity contribution in [1.82, 2.24) is 20.1 Å². The number of nitrogens with one attached hydrogen (secondary N) is 1. The minimum atomic E-state index is -1.50. The SMILES string of the molecule is Cc1nnc(C2CC2C(=O)Nc2cc(-c3ccc(O[C@H]4CCN(C(=O)O)C[C@H]4F)c(C#N)c3)ccn2)o1. The van der Waals surface area contributed by atoms with Crippen LogP contribution in [0.25, 0.3) is 11.1 Å². The number of carbonyl (C=O) groups is 2. The van der Waals surface area contributed by atoms with Crippen molar-refractivity contribution in [2.24, 2.45) is 5.92 Å². The molecule has 4 atom stereocenters. The Balaban J connectivity index is 1.26. The zero-order valence-electron chi connectivity index (χ0n) is 19.8. The number of piperidine rings is 1. The van der Waals surface area contributed by atoms with Gasteiger partial charge in [-0.25, -0.2) is 14.2 Å². The van der Waals surface area contributed by atoms with Crippen LogP contribution >= 0.6 is 0 Å².